The fourth-order valence-electron chi connectivity index (χ4n) is 0.400. The molecule has 0 radical (unpaired) electrons. The molecule has 0 fully saturated rings. The van der Waals surface area contributed by atoms with E-state index >= 15 is 0 Å². The highest BCUT2D eigenvalue weighted by atomic mass is 35.5. The Morgan fingerprint density at radius 2 is 2.44 bits per heavy atom. The first-order valence-corrected chi connectivity index (χ1v) is 3.03. The minimum atomic E-state index is -0.377. The Hall–Kier alpha value is -0.570. The number of nitrogens with zero attached hydrogens (tertiary/aromatic N) is 1. The van der Waals surface area contributed by atoms with Crippen molar-refractivity contribution in [1.82, 2.24) is 0 Å². The summed E-state index contributed by atoms with van der Waals surface area (Å²) in [6.45, 7) is 1.58. The van der Waals surface area contributed by atoms with Gasteiger partial charge in [0, 0.05) is 10.8 Å². The molecule has 0 aromatic rings. The Morgan fingerprint density at radius 1 is 1.89 bits per heavy atom. The summed E-state index contributed by atoms with van der Waals surface area (Å²) in [5.41, 5.74) is 0.704. The first-order chi connectivity index (χ1) is 4.16. The van der Waals surface area contributed by atoms with E-state index in [-0.39, 0.29) is 11.5 Å². The van der Waals surface area contributed by atoms with E-state index in [0.29, 0.717) is 11.5 Å². The summed E-state index contributed by atoms with van der Waals surface area (Å²) >= 11 is 5.28. The van der Waals surface area contributed by atoms with E-state index in [2.05, 4.69) is 0 Å². The van der Waals surface area contributed by atoms with Crippen LogP contribution in [0.4, 0.5) is 0 Å². The zero-order valence-corrected chi connectivity index (χ0v) is 5.89. The number of hydrogen-bond acceptors (Lipinski definition) is 2. The molecule has 0 rings (SSSR count). The van der Waals surface area contributed by atoms with Crippen LogP contribution in [-0.4, -0.2) is 17.3 Å². The van der Waals surface area contributed by atoms with Gasteiger partial charge in [-0.2, -0.15) is 0 Å². The molecule has 0 aliphatic heterocycles. The topological polar surface area (TPSA) is 43.1 Å². The third-order valence-electron chi connectivity index (χ3n) is 0.804. The molecule has 3 nitrogen and oxygen atoms in total. The van der Waals surface area contributed by atoms with Gasteiger partial charge < -0.3 is 0 Å². The minimum absolute atomic E-state index is 0.104. The fraction of sp³-hybridized carbons (Fsp3) is 0.600. The lowest BCUT2D eigenvalue weighted by Crippen LogP contribution is -2.01. The highest BCUT2D eigenvalue weighted by Crippen LogP contribution is 1.92. The molecule has 0 saturated heterocycles. The molecular weight excluding hydrogens is 142 g/mol. The van der Waals surface area contributed by atoms with Crippen LogP contribution in [0.5, 0.6) is 0 Å². The van der Waals surface area contributed by atoms with Crippen molar-refractivity contribution >= 4 is 11.6 Å². The van der Waals surface area contributed by atoms with Crippen LogP contribution in [0.25, 0.3) is 0 Å². The minimum Gasteiger partial charge on any atom is -0.264 e. The molecule has 0 atom stereocenters. The Kier molecular flexibility index (Phi) is 4.05. The molecule has 0 bridgehead atoms. The van der Waals surface area contributed by atoms with E-state index in [1.54, 1.807) is 13.0 Å². The maximum atomic E-state index is 9.81. The van der Waals surface area contributed by atoms with E-state index in [1.807, 2.05) is 0 Å². The Balaban J connectivity index is 3.62. The summed E-state index contributed by atoms with van der Waals surface area (Å²) in [4.78, 5) is 9.43. The molecule has 0 aliphatic rings. The fourth-order valence-corrected chi connectivity index (χ4v) is 0.663. The van der Waals surface area contributed by atoms with Gasteiger partial charge in [-0.1, -0.05) is 6.08 Å². The largest absolute Gasteiger partial charge is 0.264 e. The zero-order valence-electron chi connectivity index (χ0n) is 5.13. The van der Waals surface area contributed by atoms with E-state index in [1.165, 1.54) is 0 Å². The lowest BCUT2D eigenvalue weighted by molar-refractivity contribution is -0.470. The van der Waals surface area contributed by atoms with Crippen molar-refractivity contribution in [1.29, 1.82) is 0 Å². The number of nitro groups is 1. The van der Waals surface area contributed by atoms with Crippen molar-refractivity contribution in [3.63, 3.8) is 0 Å². The van der Waals surface area contributed by atoms with Crippen LogP contribution in [0.2, 0.25) is 0 Å². The number of halogens is 1. The molecule has 0 aliphatic carbocycles. The summed E-state index contributed by atoms with van der Waals surface area (Å²) in [7, 11) is 0. The maximum absolute atomic E-state index is 9.81. The van der Waals surface area contributed by atoms with Gasteiger partial charge in [-0.15, -0.1) is 11.6 Å². The van der Waals surface area contributed by atoms with Crippen molar-refractivity contribution < 1.29 is 4.92 Å². The third-order valence-corrected chi connectivity index (χ3v) is 0.958. The number of allylic oxidation sites excluding steroid dienone is 1. The van der Waals surface area contributed by atoms with E-state index in [4.69, 9.17) is 11.6 Å². The molecule has 0 unspecified atom stereocenters. The van der Waals surface area contributed by atoms with Gasteiger partial charge in [-0.05, 0) is 12.5 Å². The van der Waals surface area contributed by atoms with Crippen molar-refractivity contribution in [3.05, 3.63) is 21.8 Å². The Morgan fingerprint density at radius 3 is 2.78 bits per heavy atom. The van der Waals surface area contributed by atoms with Crippen LogP contribution in [0.3, 0.4) is 0 Å². The number of hydrogen-bond donors (Lipinski definition) is 0. The van der Waals surface area contributed by atoms with Crippen molar-refractivity contribution in [2.24, 2.45) is 0 Å². The van der Waals surface area contributed by atoms with Crippen LogP contribution in [0.1, 0.15) is 6.92 Å². The molecule has 0 heterocycles. The lowest BCUT2D eigenvalue weighted by atomic mass is 10.3. The van der Waals surface area contributed by atoms with Crippen LogP contribution >= 0.6 is 11.6 Å². The summed E-state index contributed by atoms with van der Waals surface area (Å²) < 4.78 is 0. The molecule has 52 valence electrons. The molecule has 0 saturated carbocycles. The second kappa shape index (κ2) is 4.32. The van der Waals surface area contributed by atoms with Gasteiger partial charge in [0.25, 0.3) is 0 Å². The lowest BCUT2D eigenvalue weighted by Gasteiger charge is -1.89. The average molecular weight is 150 g/mol. The summed E-state index contributed by atoms with van der Waals surface area (Å²) in [5, 5.41) is 9.81. The van der Waals surface area contributed by atoms with Crippen LogP contribution < -0.4 is 0 Å². The van der Waals surface area contributed by atoms with Crippen LogP contribution in [0.15, 0.2) is 11.6 Å². The van der Waals surface area contributed by atoms with Gasteiger partial charge in [0.05, 0.1) is 0 Å². The first-order valence-electron chi connectivity index (χ1n) is 2.50. The molecule has 4 heteroatoms. The first kappa shape index (κ1) is 8.43. The summed E-state index contributed by atoms with van der Waals surface area (Å²) in [5.74, 6) is 0.347. The van der Waals surface area contributed by atoms with Gasteiger partial charge in [-0.25, -0.2) is 0 Å². The van der Waals surface area contributed by atoms with Crippen molar-refractivity contribution in [3.8, 4) is 0 Å². The van der Waals surface area contributed by atoms with Crippen LogP contribution in [-0.2, 0) is 0 Å². The standard InChI is InChI=1S/C5H8ClNO2/c1-5(2-3-6)4-7(8)9/h2H,3-4H2,1H3/b5-2+. The van der Waals surface area contributed by atoms with Gasteiger partial charge in [-0.3, -0.25) is 10.1 Å². The quantitative estimate of drug-likeness (QED) is 0.264. The Labute approximate surface area is 58.5 Å². The molecule has 0 aromatic heterocycles. The zero-order chi connectivity index (χ0) is 7.28. The summed E-state index contributed by atoms with van der Waals surface area (Å²) in [6, 6.07) is 0. The smallest absolute Gasteiger partial charge is 0.224 e. The second-order valence-corrected chi connectivity index (χ2v) is 2.00. The molecule has 0 aromatic carbocycles. The van der Waals surface area contributed by atoms with Gasteiger partial charge in [0.2, 0.25) is 6.54 Å². The summed E-state index contributed by atoms with van der Waals surface area (Å²) in [6.07, 6.45) is 1.63. The number of rotatable bonds is 3. The predicted octanol–water partition coefficient (Wildman–Crippen LogP) is 1.45. The Bertz CT molecular complexity index is 133. The van der Waals surface area contributed by atoms with E-state index in [9.17, 15) is 10.1 Å². The molecule has 0 N–H and O–H groups in total. The second-order valence-electron chi connectivity index (χ2n) is 1.70. The SMILES string of the molecule is C/C(=C\CCl)C[N+](=O)[O-]. The number of alkyl halides is 1. The van der Waals surface area contributed by atoms with Gasteiger partial charge in [0.1, 0.15) is 0 Å². The van der Waals surface area contributed by atoms with E-state index < -0.39 is 0 Å². The maximum Gasteiger partial charge on any atom is 0.224 e. The van der Waals surface area contributed by atoms with E-state index in [0.717, 1.165) is 0 Å². The molecule has 0 amide bonds. The van der Waals surface area contributed by atoms with Gasteiger partial charge in [0.15, 0.2) is 0 Å². The van der Waals surface area contributed by atoms with Crippen molar-refractivity contribution in [2.75, 3.05) is 12.4 Å². The van der Waals surface area contributed by atoms with Gasteiger partial charge >= 0.3 is 0 Å². The van der Waals surface area contributed by atoms with Crippen LogP contribution in [0, 0.1) is 10.1 Å². The predicted molar refractivity (Wildman–Crippen MR) is 36.3 cm³/mol. The normalized spacial score (nSPS) is 11.6. The molecular formula is C5H8ClNO2. The third kappa shape index (κ3) is 5.30. The molecule has 9 heavy (non-hydrogen) atoms. The average Bonchev–Trinajstić information content (AvgIpc) is 1.63. The monoisotopic (exact) mass is 149 g/mol. The van der Waals surface area contributed by atoms with Crippen molar-refractivity contribution in [2.45, 2.75) is 6.92 Å². The highest BCUT2D eigenvalue weighted by molar-refractivity contribution is 6.18. The molecule has 0 spiro atoms. The highest BCUT2D eigenvalue weighted by Gasteiger charge is 1.96.